The van der Waals surface area contributed by atoms with Crippen molar-refractivity contribution in [2.75, 3.05) is 0 Å². The van der Waals surface area contributed by atoms with Gasteiger partial charge in [0.2, 0.25) is 0 Å². The van der Waals surface area contributed by atoms with Crippen molar-refractivity contribution >= 4 is 0 Å². The Bertz CT molecular complexity index is 355. The zero-order valence-electron chi connectivity index (χ0n) is 15.3. The maximum Gasteiger partial charge on any atom is 0.358 e. The van der Waals surface area contributed by atoms with E-state index in [0.29, 0.717) is 18.8 Å². The third-order valence-corrected chi connectivity index (χ3v) is 6.68. The molecule has 0 radical (unpaired) electrons. The number of hydrogen-bond donors (Lipinski definition) is 0. The van der Waals surface area contributed by atoms with Gasteiger partial charge in [-0.1, -0.05) is 32.6 Å². The van der Waals surface area contributed by atoms with Gasteiger partial charge in [-0.05, 0) is 56.3 Å². The van der Waals surface area contributed by atoms with E-state index in [-0.39, 0.29) is 6.10 Å². The fourth-order valence-electron chi connectivity index (χ4n) is 5.02. The molecule has 0 amide bonds. The molecule has 1 nitrogen and oxygen atoms in total. The summed E-state index contributed by atoms with van der Waals surface area (Å²) in [6, 6.07) is 0. The summed E-state index contributed by atoms with van der Waals surface area (Å²) in [6.07, 6.45) is 11.4. The molecule has 0 atom stereocenters. The van der Waals surface area contributed by atoms with Gasteiger partial charge in [-0.15, -0.1) is 0 Å². The Morgan fingerprint density at radius 3 is 1.92 bits per heavy atom. The van der Waals surface area contributed by atoms with Crippen LogP contribution in [-0.2, 0) is 4.74 Å². The molecule has 0 spiro atoms. The Hall–Kier alpha value is -1.18. The molecule has 4 heteroatoms. The molecule has 0 heterocycles. The van der Waals surface area contributed by atoms with Crippen molar-refractivity contribution in [3.63, 3.8) is 0 Å². The third kappa shape index (κ3) is 4.68. The molecule has 0 aromatic rings. The average molecular weight is 594 g/mol. The SMILES string of the molecule is CC1CCC(C(F)(F)OC2CCC(C3CC[CH-]CC3)CC2)CC1.[Rf]. The van der Waals surface area contributed by atoms with Crippen LogP contribution in [0.5, 0.6) is 0 Å². The van der Waals surface area contributed by atoms with Gasteiger partial charge in [0.05, 0.1) is 12.0 Å². The molecule has 3 aliphatic carbocycles. The number of rotatable bonds is 4. The van der Waals surface area contributed by atoms with E-state index < -0.39 is 12.0 Å². The first-order valence-electron chi connectivity index (χ1n) is 9.92. The van der Waals surface area contributed by atoms with Gasteiger partial charge >= 0.3 is 6.11 Å². The number of alkyl halides is 2. The number of ether oxygens (including phenoxy) is 1. The van der Waals surface area contributed by atoms with E-state index in [9.17, 15) is 8.78 Å². The molecule has 3 saturated carbocycles. The van der Waals surface area contributed by atoms with Crippen LogP contribution in [-0.4, -0.2) is 12.2 Å². The molecule has 0 saturated heterocycles. The van der Waals surface area contributed by atoms with E-state index >= 15 is 0 Å². The first-order chi connectivity index (χ1) is 11.0. The number of hydrogen-bond acceptors (Lipinski definition) is 1. The Balaban J connectivity index is 0.00000208. The van der Waals surface area contributed by atoms with Crippen molar-refractivity contribution in [1.82, 2.24) is 0 Å². The van der Waals surface area contributed by atoms with E-state index in [1.54, 1.807) is 0 Å². The molecule has 0 N–H and O–H groups in total. The summed E-state index contributed by atoms with van der Waals surface area (Å²) in [5.74, 6) is 1.64. The average Bonchev–Trinajstić information content (AvgIpc) is 2.56. The summed E-state index contributed by atoms with van der Waals surface area (Å²) < 4.78 is 34.2. The van der Waals surface area contributed by atoms with Crippen LogP contribution < -0.4 is 0 Å². The topological polar surface area (TPSA) is 9.23 Å². The summed E-state index contributed by atoms with van der Waals surface area (Å²) in [6.45, 7) is 2.17. The minimum Gasteiger partial charge on any atom is -0.328 e. The third-order valence-electron chi connectivity index (χ3n) is 6.68. The Kier molecular flexibility index (Phi) is 6.60. The van der Waals surface area contributed by atoms with Gasteiger partial charge < -0.3 is 11.2 Å². The molecule has 3 fully saturated rings. The molecule has 0 aromatic carbocycles. The standard InChI is InChI=1S/C20H33F2O.Rf/c1-15-7-11-18(12-8-15)20(21,22)23-19-13-9-17(10-14-19)16-5-3-2-4-6-16;/h2,15-19H,3-14H2,1H3;/q-1;. The molecule has 3 aliphatic rings. The van der Waals surface area contributed by atoms with Crippen LogP contribution in [0.4, 0.5) is 8.78 Å². The molecule has 0 aromatic heterocycles. The zero-order valence-corrected chi connectivity index (χ0v) is 21.7. The van der Waals surface area contributed by atoms with Crippen LogP contribution in [0.15, 0.2) is 0 Å². The molecular formula is C20H33F2ORf-. The van der Waals surface area contributed by atoms with Crippen molar-refractivity contribution in [2.24, 2.45) is 23.7 Å². The fraction of sp³-hybridized carbons (Fsp3) is 0.950. The summed E-state index contributed by atoms with van der Waals surface area (Å²) in [4.78, 5) is 0. The van der Waals surface area contributed by atoms with E-state index in [1.165, 1.54) is 25.7 Å². The van der Waals surface area contributed by atoms with Crippen molar-refractivity contribution < 1.29 is 13.5 Å². The second-order valence-electron chi connectivity index (χ2n) is 8.38. The van der Waals surface area contributed by atoms with Crippen LogP contribution in [0.25, 0.3) is 0 Å². The predicted molar refractivity (Wildman–Crippen MR) is 89.2 cm³/mol. The maximum absolute atomic E-state index is 14.4. The fourth-order valence-corrected chi connectivity index (χ4v) is 5.02. The molecule has 0 unspecified atom stereocenters. The van der Waals surface area contributed by atoms with Gasteiger partial charge in [0.15, 0.2) is 0 Å². The van der Waals surface area contributed by atoms with Gasteiger partial charge in [-0.25, -0.2) is 0 Å². The molecule has 24 heavy (non-hydrogen) atoms. The first kappa shape index (κ1) is 19.1. The van der Waals surface area contributed by atoms with Crippen LogP contribution in [0.3, 0.4) is 0 Å². The second kappa shape index (κ2) is 8.27. The second-order valence-corrected chi connectivity index (χ2v) is 8.38. The first-order valence-corrected chi connectivity index (χ1v) is 9.92. The van der Waals surface area contributed by atoms with E-state index in [2.05, 4.69) is 13.3 Å². The maximum atomic E-state index is 14.4. The van der Waals surface area contributed by atoms with E-state index in [1.807, 2.05) is 0 Å². The van der Waals surface area contributed by atoms with Gasteiger partial charge in [0.25, 0.3) is 0 Å². The normalized spacial score (nSPS) is 36.1. The van der Waals surface area contributed by atoms with Crippen molar-refractivity contribution in [1.29, 1.82) is 0 Å². The van der Waals surface area contributed by atoms with Crippen molar-refractivity contribution in [3.8, 4) is 0 Å². The monoisotopic (exact) mass is 594 g/mol. The summed E-state index contributed by atoms with van der Waals surface area (Å²) >= 11 is 0. The summed E-state index contributed by atoms with van der Waals surface area (Å²) in [7, 11) is 0. The van der Waals surface area contributed by atoms with Crippen LogP contribution >= 0.6 is 0 Å². The van der Waals surface area contributed by atoms with Gasteiger partial charge in [-0.3, -0.25) is 0 Å². The van der Waals surface area contributed by atoms with Gasteiger partial charge in [-0.2, -0.15) is 21.6 Å². The Morgan fingerprint density at radius 1 is 0.792 bits per heavy atom. The molecule has 0 bridgehead atoms. The van der Waals surface area contributed by atoms with E-state index in [0.717, 1.165) is 50.4 Å². The Labute approximate surface area is 140 Å². The minimum atomic E-state index is -2.91. The van der Waals surface area contributed by atoms with Gasteiger partial charge in [0, 0.05) is 0 Å². The summed E-state index contributed by atoms with van der Waals surface area (Å²) in [5, 5.41) is 0. The molecule has 136 valence electrons. The predicted octanol–water partition coefficient (Wildman–Crippen LogP) is 6.38. The van der Waals surface area contributed by atoms with Gasteiger partial charge in [0.1, 0.15) is 0 Å². The number of halogens is 2. The summed E-state index contributed by atoms with van der Waals surface area (Å²) in [5.41, 5.74) is 0. The molecule has 0 aliphatic heterocycles. The van der Waals surface area contributed by atoms with E-state index in [4.69, 9.17) is 4.74 Å². The Morgan fingerprint density at radius 2 is 1.33 bits per heavy atom. The molecular weight excluding hydrogens is 561 g/mol. The van der Waals surface area contributed by atoms with Crippen LogP contribution in [0.1, 0.15) is 84.0 Å². The minimum absolute atomic E-state index is 0. The zero-order chi connectivity index (χ0) is 16.3. The quantitative estimate of drug-likeness (QED) is 0.344. The van der Waals surface area contributed by atoms with Crippen molar-refractivity contribution in [3.05, 3.63) is 6.42 Å². The van der Waals surface area contributed by atoms with Crippen LogP contribution in [0, 0.1) is 30.1 Å². The van der Waals surface area contributed by atoms with Crippen LogP contribution in [0.2, 0.25) is 0 Å². The van der Waals surface area contributed by atoms with Crippen molar-refractivity contribution in [2.45, 2.75) is 96.2 Å². The smallest absolute Gasteiger partial charge is 0.328 e. The molecule has 3 rings (SSSR count). The largest absolute Gasteiger partial charge is 0.358 e.